The van der Waals surface area contributed by atoms with Gasteiger partial charge in [0.2, 0.25) is 0 Å². The van der Waals surface area contributed by atoms with E-state index in [-0.39, 0.29) is 0 Å². The number of benzene rings is 2. The van der Waals surface area contributed by atoms with Crippen LogP contribution in [-0.2, 0) is 0 Å². The number of likely N-dealkylation sites (tertiary alicyclic amines) is 2. The van der Waals surface area contributed by atoms with E-state index < -0.39 is 0 Å². The van der Waals surface area contributed by atoms with E-state index >= 15 is 0 Å². The number of nitrogens with zero attached hydrogens (tertiary/aromatic N) is 3. The summed E-state index contributed by atoms with van der Waals surface area (Å²) >= 11 is 5.98. The molecule has 0 radical (unpaired) electrons. The SMILES string of the molecule is Cc1cc(C#Cc2ccc(-c3ccc(Cl)cc3)cn2)ccc1OCCN1CCC2(CCN(C)CC2)CC1. The summed E-state index contributed by atoms with van der Waals surface area (Å²) in [4.78, 5) is 9.56. The van der Waals surface area contributed by atoms with Crippen LogP contribution in [0.2, 0.25) is 5.02 Å². The van der Waals surface area contributed by atoms with Gasteiger partial charge in [-0.3, -0.25) is 4.90 Å². The highest BCUT2D eigenvalue weighted by atomic mass is 35.5. The Labute approximate surface area is 226 Å². The van der Waals surface area contributed by atoms with Gasteiger partial charge >= 0.3 is 0 Å². The summed E-state index contributed by atoms with van der Waals surface area (Å²) < 4.78 is 6.15. The van der Waals surface area contributed by atoms with Gasteiger partial charge in [-0.15, -0.1) is 0 Å². The Hall–Kier alpha value is -2.84. The Morgan fingerprint density at radius 2 is 1.59 bits per heavy atom. The third-order valence-corrected chi connectivity index (χ3v) is 8.33. The monoisotopic (exact) mass is 513 g/mol. The van der Waals surface area contributed by atoms with Crippen LogP contribution in [0.5, 0.6) is 5.75 Å². The molecule has 192 valence electrons. The van der Waals surface area contributed by atoms with E-state index in [1.165, 1.54) is 51.9 Å². The molecule has 5 rings (SSSR count). The molecule has 1 aromatic heterocycles. The van der Waals surface area contributed by atoms with Crippen molar-refractivity contribution in [1.82, 2.24) is 14.8 Å². The lowest BCUT2D eigenvalue weighted by Crippen LogP contribution is -2.46. The van der Waals surface area contributed by atoms with Crippen LogP contribution in [0.3, 0.4) is 0 Å². The minimum atomic E-state index is 0.603. The average molecular weight is 514 g/mol. The molecule has 37 heavy (non-hydrogen) atoms. The zero-order chi connectivity index (χ0) is 25.7. The largest absolute Gasteiger partial charge is 0.492 e. The fraction of sp³-hybridized carbons (Fsp3) is 0.406. The van der Waals surface area contributed by atoms with Crippen molar-refractivity contribution in [3.63, 3.8) is 0 Å². The van der Waals surface area contributed by atoms with Crippen LogP contribution in [-0.4, -0.2) is 61.2 Å². The highest BCUT2D eigenvalue weighted by molar-refractivity contribution is 6.30. The van der Waals surface area contributed by atoms with Crippen LogP contribution in [0.4, 0.5) is 0 Å². The van der Waals surface area contributed by atoms with Crippen molar-refractivity contribution >= 4 is 11.6 Å². The van der Waals surface area contributed by atoms with Crippen LogP contribution >= 0.6 is 11.6 Å². The van der Waals surface area contributed by atoms with E-state index in [0.717, 1.165) is 51.9 Å². The Balaban J connectivity index is 1.10. The van der Waals surface area contributed by atoms with Crippen molar-refractivity contribution in [2.24, 2.45) is 5.41 Å². The first-order chi connectivity index (χ1) is 18.0. The third-order valence-electron chi connectivity index (χ3n) is 8.08. The van der Waals surface area contributed by atoms with Crippen molar-refractivity contribution < 1.29 is 4.74 Å². The maximum Gasteiger partial charge on any atom is 0.122 e. The van der Waals surface area contributed by atoms with E-state index in [0.29, 0.717) is 5.41 Å². The van der Waals surface area contributed by atoms with Crippen LogP contribution in [0.25, 0.3) is 11.1 Å². The molecule has 0 atom stereocenters. The van der Waals surface area contributed by atoms with E-state index in [4.69, 9.17) is 16.3 Å². The molecule has 3 heterocycles. The maximum atomic E-state index is 6.15. The highest BCUT2D eigenvalue weighted by Gasteiger charge is 2.36. The number of piperidine rings is 2. The van der Waals surface area contributed by atoms with Gasteiger partial charge in [-0.1, -0.05) is 35.7 Å². The minimum absolute atomic E-state index is 0.603. The Bertz CT molecular complexity index is 1240. The van der Waals surface area contributed by atoms with E-state index in [1.807, 2.05) is 54.7 Å². The molecule has 2 aliphatic heterocycles. The number of halogens is 1. The van der Waals surface area contributed by atoms with Crippen LogP contribution in [0, 0.1) is 24.2 Å². The van der Waals surface area contributed by atoms with Gasteiger partial charge in [-0.05, 0) is 125 Å². The fourth-order valence-electron chi connectivity index (χ4n) is 5.43. The number of hydrogen-bond donors (Lipinski definition) is 0. The summed E-state index contributed by atoms with van der Waals surface area (Å²) in [6.45, 7) is 8.74. The van der Waals surface area contributed by atoms with Crippen LogP contribution in [0.15, 0.2) is 60.8 Å². The molecule has 1 spiro atoms. The van der Waals surface area contributed by atoms with Gasteiger partial charge in [0, 0.05) is 28.9 Å². The number of hydrogen-bond acceptors (Lipinski definition) is 4. The molecule has 2 fully saturated rings. The quantitative estimate of drug-likeness (QED) is 0.374. The first-order valence-electron chi connectivity index (χ1n) is 13.4. The van der Waals surface area contributed by atoms with Gasteiger partial charge in [-0.2, -0.15) is 0 Å². The summed E-state index contributed by atoms with van der Waals surface area (Å²) in [6.07, 6.45) is 7.27. The lowest BCUT2D eigenvalue weighted by molar-refractivity contribution is 0.0383. The Morgan fingerprint density at radius 1 is 0.892 bits per heavy atom. The Kier molecular flexibility index (Phi) is 8.15. The van der Waals surface area contributed by atoms with E-state index in [1.54, 1.807) is 0 Å². The van der Waals surface area contributed by atoms with Crippen LogP contribution < -0.4 is 4.74 Å². The van der Waals surface area contributed by atoms with E-state index in [9.17, 15) is 0 Å². The predicted molar refractivity (Wildman–Crippen MR) is 152 cm³/mol. The molecule has 3 aromatic rings. The second-order valence-corrected chi connectivity index (χ2v) is 11.1. The predicted octanol–water partition coefficient (Wildman–Crippen LogP) is 6.30. The molecule has 0 N–H and O–H groups in total. The standard InChI is InChI=1S/C32H36ClN3O/c1-25-23-26(3-10-30-11-7-28(24-34-30)27-5-8-29(33)9-6-27)4-12-31(25)37-22-21-36-19-15-32(16-20-36)13-17-35(2)18-14-32/h4-9,11-12,23-24H,13-22H2,1-2H3. The highest BCUT2D eigenvalue weighted by Crippen LogP contribution is 2.40. The molecule has 0 aliphatic carbocycles. The minimum Gasteiger partial charge on any atom is -0.492 e. The van der Waals surface area contributed by atoms with E-state index in [2.05, 4.69) is 46.7 Å². The van der Waals surface area contributed by atoms with Crippen LogP contribution in [0.1, 0.15) is 42.5 Å². The van der Waals surface area contributed by atoms with Crippen molar-refractivity contribution in [2.45, 2.75) is 32.6 Å². The molecular formula is C32H36ClN3O. The first kappa shape index (κ1) is 25.8. The number of rotatable bonds is 5. The van der Waals surface area contributed by atoms with Gasteiger partial charge in [0.1, 0.15) is 18.1 Å². The summed E-state index contributed by atoms with van der Waals surface area (Å²) in [5.74, 6) is 7.36. The van der Waals surface area contributed by atoms with Gasteiger partial charge < -0.3 is 9.64 Å². The number of aromatic nitrogens is 1. The molecule has 2 aliphatic rings. The smallest absolute Gasteiger partial charge is 0.122 e. The lowest BCUT2D eigenvalue weighted by atomic mass is 9.71. The molecule has 0 bridgehead atoms. The molecule has 4 nitrogen and oxygen atoms in total. The molecule has 2 saturated heterocycles. The van der Waals surface area contributed by atoms with Crippen molar-refractivity contribution in [3.05, 3.63) is 82.6 Å². The second kappa shape index (κ2) is 11.7. The molecule has 0 amide bonds. The number of aryl methyl sites for hydroxylation is 1. The summed E-state index contributed by atoms with van der Waals surface area (Å²) in [7, 11) is 2.25. The zero-order valence-corrected chi connectivity index (χ0v) is 22.7. The average Bonchev–Trinajstić information content (AvgIpc) is 2.92. The first-order valence-corrected chi connectivity index (χ1v) is 13.7. The molecule has 5 heteroatoms. The third kappa shape index (κ3) is 6.73. The number of pyridine rings is 1. The topological polar surface area (TPSA) is 28.6 Å². The number of ether oxygens (including phenoxy) is 1. The maximum absolute atomic E-state index is 6.15. The van der Waals surface area contributed by atoms with Gasteiger partial charge in [0.25, 0.3) is 0 Å². The summed E-state index contributed by atoms with van der Waals surface area (Å²) in [6, 6.07) is 17.9. The second-order valence-electron chi connectivity index (χ2n) is 10.7. The normalized spacial score (nSPS) is 17.8. The van der Waals surface area contributed by atoms with Gasteiger partial charge in [0.15, 0.2) is 0 Å². The zero-order valence-electron chi connectivity index (χ0n) is 22.0. The van der Waals surface area contributed by atoms with Crippen molar-refractivity contribution in [2.75, 3.05) is 46.4 Å². The molecule has 0 saturated carbocycles. The summed E-state index contributed by atoms with van der Waals surface area (Å²) in [5.41, 5.74) is 5.56. The molecular weight excluding hydrogens is 478 g/mol. The summed E-state index contributed by atoms with van der Waals surface area (Å²) in [5, 5.41) is 0.730. The van der Waals surface area contributed by atoms with Crippen molar-refractivity contribution in [1.29, 1.82) is 0 Å². The fourth-order valence-corrected chi connectivity index (χ4v) is 5.56. The lowest BCUT2D eigenvalue weighted by Gasteiger charge is -2.46. The van der Waals surface area contributed by atoms with Gasteiger partial charge in [-0.25, -0.2) is 4.98 Å². The Morgan fingerprint density at radius 3 is 2.27 bits per heavy atom. The molecule has 2 aromatic carbocycles. The molecule has 0 unspecified atom stereocenters. The van der Waals surface area contributed by atoms with Crippen molar-refractivity contribution in [3.8, 4) is 28.7 Å². The van der Waals surface area contributed by atoms with Gasteiger partial charge in [0.05, 0.1) is 0 Å².